The number of hydrogen-bond donors (Lipinski definition) is 2. The highest BCUT2D eigenvalue weighted by Gasteiger charge is 2.20. The normalized spacial score (nSPS) is 11.1. The third-order valence-corrected chi connectivity index (χ3v) is 2.35. The van der Waals surface area contributed by atoms with Crippen LogP contribution in [0.15, 0.2) is 24.3 Å². The van der Waals surface area contributed by atoms with Gasteiger partial charge in [0.05, 0.1) is 11.2 Å². The number of nitrogens with zero attached hydrogens (tertiary/aromatic N) is 1. The van der Waals surface area contributed by atoms with Crippen LogP contribution in [0.2, 0.25) is 0 Å². The summed E-state index contributed by atoms with van der Waals surface area (Å²) >= 11 is 0. The van der Waals surface area contributed by atoms with Crippen molar-refractivity contribution in [3.05, 3.63) is 35.4 Å². The zero-order valence-electron chi connectivity index (χ0n) is 10.7. The van der Waals surface area contributed by atoms with Crippen molar-refractivity contribution in [2.45, 2.75) is 19.4 Å². The van der Waals surface area contributed by atoms with Crippen molar-refractivity contribution in [2.24, 2.45) is 0 Å². The van der Waals surface area contributed by atoms with Crippen LogP contribution in [0.25, 0.3) is 0 Å². The Balaban J connectivity index is 2.81. The van der Waals surface area contributed by atoms with Gasteiger partial charge in [0.25, 0.3) is 5.91 Å². The van der Waals surface area contributed by atoms with Crippen molar-refractivity contribution in [1.82, 2.24) is 4.90 Å². The van der Waals surface area contributed by atoms with Gasteiger partial charge in [-0.05, 0) is 38.1 Å². The lowest BCUT2D eigenvalue weighted by atomic mass is 10.1. The molecule has 0 aromatic heterocycles. The molecule has 18 heavy (non-hydrogen) atoms. The molecule has 0 radical (unpaired) electrons. The van der Waals surface area contributed by atoms with Gasteiger partial charge in [-0.3, -0.25) is 4.79 Å². The van der Waals surface area contributed by atoms with Gasteiger partial charge in [-0.2, -0.15) is 0 Å². The molecule has 1 rings (SSSR count). The number of carbonyl (C=O) groups is 2. The maximum Gasteiger partial charge on any atom is 0.335 e. The fourth-order valence-electron chi connectivity index (χ4n) is 1.63. The third-order valence-electron chi connectivity index (χ3n) is 2.35. The summed E-state index contributed by atoms with van der Waals surface area (Å²) in [6.07, 6.45) is 0. The van der Waals surface area contributed by atoms with Gasteiger partial charge in [0, 0.05) is 19.2 Å². The molecule has 1 aromatic carbocycles. The molecule has 0 heterocycles. The zero-order valence-corrected chi connectivity index (χ0v) is 10.7. The minimum Gasteiger partial charge on any atom is -0.478 e. The minimum absolute atomic E-state index is 0.136. The summed E-state index contributed by atoms with van der Waals surface area (Å²) in [5, 5.41) is 18.4. The Morgan fingerprint density at radius 1 is 1.17 bits per heavy atom. The number of rotatable bonds is 4. The number of aliphatic hydroxyl groups is 1. The monoisotopic (exact) mass is 251 g/mol. The van der Waals surface area contributed by atoms with Crippen LogP contribution in [0.5, 0.6) is 0 Å². The molecule has 0 aliphatic carbocycles. The molecule has 0 unspecified atom stereocenters. The Bertz CT molecular complexity index is 445. The molecule has 0 saturated heterocycles. The third kappa shape index (κ3) is 3.85. The van der Waals surface area contributed by atoms with E-state index >= 15 is 0 Å². The summed E-state index contributed by atoms with van der Waals surface area (Å²) in [5.74, 6) is -1.28. The van der Waals surface area contributed by atoms with E-state index in [1.54, 1.807) is 20.9 Å². The molecule has 0 saturated carbocycles. The van der Waals surface area contributed by atoms with Crippen LogP contribution in [0.1, 0.15) is 34.6 Å². The van der Waals surface area contributed by atoms with Gasteiger partial charge in [0.15, 0.2) is 0 Å². The van der Waals surface area contributed by atoms with E-state index in [4.69, 9.17) is 5.11 Å². The summed E-state index contributed by atoms with van der Waals surface area (Å²) < 4.78 is 0. The van der Waals surface area contributed by atoms with E-state index in [0.29, 0.717) is 5.56 Å². The molecular weight excluding hydrogens is 234 g/mol. The van der Waals surface area contributed by atoms with Gasteiger partial charge in [-0.15, -0.1) is 0 Å². The summed E-state index contributed by atoms with van der Waals surface area (Å²) in [5.41, 5.74) is -0.436. The quantitative estimate of drug-likeness (QED) is 0.843. The minimum atomic E-state index is -1.03. The lowest BCUT2D eigenvalue weighted by Gasteiger charge is -2.25. The van der Waals surface area contributed by atoms with E-state index in [0.717, 1.165) is 0 Å². The van der Waals surface area contributed by atoms with Crippen LogP contribution in [-0.2, 0) is 0 Å². The summed E-state index contributed by atoms with van der Waals surface area (Å²) in [6.45, 7) is 3.43. The SMILES string of the molecule is CN(CC(C)(C)O)C(=O)c1ccc(C(=O)O)cc1. The first-order valence-electron chi connectivity index (χ1n) is 5.52. The van der Waals surface area contributed by atoms with Crippen LogP contribution >= 0.6 is 0 Å². The molecule has 5 heteroatoms. The highest BCUT2D eigenvalue weighted by Crippen LogP contribution is 2.10. The number of hydrogen-bond acceptors (Lipinski definition) is 3. The van der Waals surface area contributed by atoms with E-state index in [2.05, 4.69) is 0 Å². The van der Waals surface area contributed by atoms with E-state index in [1.165, 1.54) is 29.2 Å². The number of carbonyl (C=O) groups excluding carboxylic acids is 1. The van der Waals surface area contributed by atoms with Crippen LogP contribution < -0.4 is 0 Å². The molecule has 1 amide bonds. The fraction of sp³-hybridized carbons (Fsp3) is 0.385. The number of carboxylic acid groups (broad SMARTS) is 1. The van der Waals surface area contributed by atoms with Crippen LogP contribution in [0.3, 0.4) is 0 Å². The fourth-order valence-corrected chi connectivity index (χ4v) is 1.63. The number of carboxylic acids is 1. The zero-order chi connectivity index (χ0) is 13.9. The summed E-state index contributed by atoms with van der Waals surface area (Å²) in [6, 6.07) is 5.69. The van der Waals surface area contributed by atoms with Crippen molar-refractivity contribution in [3.8, 4) is 0 Å². The molecule has 98 valence electrons. The standard InChI is InChI=1S/C13H17NO4/c1-13(2,18)8-14(3)11(15)9-4-6-10(7-5-9)12(16)17/h4-7,18H,8H2,1-3H3,(H,16,17). The van der Waals surface area contributed by atoms with Crippen LogP contribution in [-0.4, -0.2) is 46.2 Å². The average molecular weight is 251 g/mol. The van der Waals surface area contributed by atoms with Crippen molar-refractivity contribution >= 4 is 11.9 Å². The number of aromatic carboxylic acids is 1. The van der Waals surface area contributed by atoms with Gasteiger partial charge in [0.2, 0.25) is 0 Å². The maximum atomic E-state index is 12.0. The van der Waals surface area contributed by atoms with E-state index in [9.17, 15) is 14.7 Å². The largest absolute Gasteiger partial charge is 0.478 e. The highest BCUT2D eigenvalue weighted by atomic mass is 16.4. The molecule has 0 atom stereocenters. The maximum absolute atomic E-state index is 12.0. The predicted molar refractivity (Wildman–Crippen MR) is 66.7 cm³/mol. The molecule has 1 aromatic rings. The topological polar surface area (TPSA) is 77.8 Å². The Morgan fingerprint density at radius 2 is 1.61 bits per heavy atom. The Morgan fingerprint density at radius 3 is 2.00 bits per heavy atom. The second-order valence-electron chi connectivity index (χ2n) is 4.86. The van der Waals surface area contributed by atoms with E-state index in [1.807, 2.05) is 0 Å². The second-order valence-corrected chi connectivity index (χ2v) is 4.86. The van der Waals surface area contributed by atoms with Crippen LogP contribution in [0.4, 0.5) is 0 Å². The second kappa shape index (κ2) is 5.18. The first-order chi connectivity index (χ1) is 8.20. The Hall–Kier alpha value is -1.88. The smallest absolute Gasteiger partial charge is 0.335 e. The molecule has 0 fully saturated rings. The van der Waals surface area contributed by atoms with Crippen molar-refractivity contribution in [2.75, 3.05) is 13.6 Å². The van der Waals surface area contributed by atoms with Gasteiger partial charge in [-0.1, -0.05) is 0 Å². The van der Waals surface area contributed by atoms with E-state index in [-0.39, 0.29) is 18.0 Å². The first-order valence-corrected chi connectivity index (χ1v) is 5.52. The van der Waals surface area contributed by atoms with E-state index < -0.39 is 11.6 Å². The van der Waals surface area contributed by atoms with Crippen molar-refractivity contribution in [3.63, 3.8) is 0 Å². The molecule has 5 nitrogen and oxygen atoms in total. The Labute approximate surface area is 106 Å². The summed E-state index contributed by atoms with van der Waals surface area (Å²) in [7, 11) is 1.59. The number of benzene rings is 1. The number of likely N-dealkylation sites (N-methyl/N-ethyl adjacent to an activating group) is 1. The predicted octanol–water partition coefficient (Wildman–Crippen LogP) is 1.23. The first kappa shape index (κ1) is 14.2. The summed E-state index contributed by atoms with van der Waals surface area (Å²) in [4.78, 5) is 24.0. The van der Waals surface area contributed by atoms with Crippen molar-refractivity contribution < 1.29 is 19.8 Å². The highest BCUT2D eigenvalue weighted by molar-refractivity contribution is 5.95. The molecule has 0 aliphatic heterocycles. The Kier molecular flexibility index (Phi) is 4.08. The average Bonchev–Trinajstić information content (AvgIpc) is 2.26. The lowest BCUT2D eigenvalue weighted by molar-refractivity contribution is 0.0368. The molecule has 2 N–H and O–H groups in total. The molecule has 0 bridgehead atoms. The number of amides is 1. The lowest BCUT2D eigenvalue weighted by Crippen LogP contribution is -2.39. The molecule has 0 spiro atoms. The van der Waals surface area contributed by atoms with Gasteiger partial charge >= 0.3 is 5.97 Å². The van der Waals surface area contributed by atoms with Gasteiger partial charge in [-0.25, -0.2) is 4.79 Å². The molecule has 0 aliphatic rings. The van der Waals surface area contributed by atoms with Gasteiger partial charge < -0.3 is 15.1 Å². The van der Waals surface area contributed by atoms with Gasteiger partial charge in [0.1, 0.15) is 0 Å². The molecular formula is C13H17NO4. The van der Waals surface area contributed by atoms with Crippen molar-refractivity contribution in [1.29, 1.82) is 0 Å². The van der Waals surface area contributed by atoms with Crippen LogP contribution in [0, 0.1) is 0 Å².